The Labute approximate surface area is 84.8 Å². The van der Waals surface area contributed by atoms with Gasteiger partial charge in [0, 0.05) is 19.5 Å². The van der Waals surface area contributed by atoms with Gasteiger partial charge in [-0.15, -0.1) is 0 Å². The van der Waals surface area contributed by atoms with Crippen LogP contribution in [0.15, 0.2) is 0 Å². The fraction of sp³-hybridized carbons (Fsp3) is 0.889. The Morgan fingerprint density at radius 1 is 1.43 bits per heavy atom. The molecule has 0 radical (unpaired) electrons. The van der Waals surface area contributed by atoms with Crippen molar-refractivity contribution in [1.82, 2.24) is 0 Å². The predicted molar refractivity (Wildman–Crippen MR) is 52.4 cm³/mol. The highest BCUT2D eigenvalue weighted by Crippen LogP contribution is 2.32. The number of hydrogen-bond acceptors (Lipinski definition) is 4. The summed E-state index contributed by atoms with van der Waals surface area (Å²) in [5.74, 6) is -0.101. The van der Waals surface area contributed by atoms with Crippen LogP contribution in [0, 0.1) is 17.2 Å². The van der Waals surface area contributed by atoms with Crippen molar-refractivity contribution in [2.45, 2.75) is 24.5 Å². The first-order chi connectivity index (χ1) is 6.42. The maximum atomic E-state index is 11.5. The van der Waals surface area contributed by atoms with Crippen LogP contribution in [0.1, 0.15) is 19.8 Å². The van der Waals surface area contributed by atoms with E-state index in [0.717, 1.165) is 6.26 Å². The molecule has 80 valence electrons. The molecule has 0 saturated carbocycles. The molecule has 1 saturated heterocycles. The molecule has 4 nitrogen and oxygen atoms in total. The summed E-state index contributed by atoms with van der Waals surface area (Å²) < 4.78 is 26.9. The largest absolute Gasteiger partial charge is 0.381 e. The van der Waals surface area contributed by atoms with Gasteiger partial charge in [0.15, 0.2) is 14.6 Å². The van der Waals surface area contributed by atoms with E-state index in [9.17, 15) is 8.42 Å². The van der Waals surface area contributed by atoms with Crippen LogP contribution in [0.4, 0.5) is 0 Å². The molecule has 14 heavy (non-hydrogen) atoms. The van der Waals surface area contributed by atoms with Crippen molar-refractivity contribution in [3.05, 3.63) is 0 Å². The average Bonchev–Trinajstić information content (AvgIpc) is 2.16. The van der Waals surface area contributed by atoms with Gasteiger partial charge in [0.25, 0.3) is 0 Å². The van der Waals surface area contributed by atoms with Crippen LogP contribution in [0.25, 0.3) is 0 Å². The lowest BCUT2D eigenvalue weighted by atomic mass is 9.87. The van der Waals surface area contributed by atoms with Gasteiger partial charge in [0.2, 0.25) is 0 Å². The minimum absolute atomic E-state index is 0.101. The highest BCUT2D eigenvalue weighted by molar-refractivity contribution is 7.92. The Morgan fingerprint density at radius 3 is 2.29 bits per heavy atom. The zero-order chi connectivity index (χ0) is 10.8. The summed E-state index contributed by atoms with van der Waals surface area (Å²) in [7, 11) is -3.33. The Morgan fingerprint density at radius 2 is 1.93 bits per heavy atom. The standard InChI is InChI=1S/C9H15NO3S/c1-9(7-10,14(2,11)12)8-3-5-13-6-4-8/h8H,3-6H2,1-2H3. The second-order valence-electron chi connectivity index (χ2n) is 3.88. The van der Waals surface area contributed by atoms with E-state index < -0.39 is 14.6 Å². The number of hydrogen-bond donors (Lipinski definition) is 0. The van der Waals surface area contributed by atoms with Crippen molar-refractivity contribution < 1.29 is 13.2 Å². The molecule has 0 aromatic rings. The normalized spacial score (nSPS) is 23.8. The Hall–Kier alpha value is -0.600. The van der Waals surface area contributed by atoms with Gasteiger partial charge in [-0.05, 0) is 25.7 Å². The summed E-state index contributed by atoms with van der Waals surface area (Å²) >= 11 is 0. The Bertz CT molecular complexity index is 338. The number of nitrogens with zero attached hydrogens (tertiary/aromatic N) is 1. The third kappa shape index (κ3) is 1.91. The molecular weight excluding hydrogens is 202 g/mol. The zero-order valence-corrected chi connectivity index (χ0v) is 9.30. The van der Waals surface area contributed by atoms with Gasteiger partial charge in [-0.2, -0.15) is 5.26 Å². The van der Waals surface area contributed by atoms with Crippen LogP contribution >= 0.6 is 0 Å². The zero-order valence-electron chi connectivity index (χ0n) is 8.49. The maximum Gasteiger partial charge on any atom is 0.166 e. The first-order valence-electron chi connectivity index (χ1n) is 4.60. The first kappa shape index (κ1) is 11.5. The molecule has 1 heterocycles. The van der Waals surface area contributed by atoms with E-state index in [-0.39, 0.29) is 5.92 Å². The lowest BCUT2D eigenvalue weighted by Crippen LogP contribution is -2.43. The first-order valence-corrected chi connectivity index (χ1v) is 6.49. The van der Waals surface area contributed by atoms with Crippen molar-refractivity contribution in [2.24, 2.45) is 5.92 Å². The summed E-state index contributed by atoms with van der Waals surface area (Å²) in [6.45, 7) is 2.62. The molecule has 0 N–H and O–H groups in total. The average molecular weight is 217 g/mol. The SMILES string of the molecule is CC(C#N)(C1CCOCC1)S(C)(=O)=O. The molecule has 0 aromatic heterocycles. The second-order valence-corrected chi connectivity index (χ2v) is 6.27. The Balaban J connectivity index is 2.96. The van der Waals surface area contributed by atoms with E-state index in [1.165, 1.54) is 6.92 Å². The second kappa shape index (κ2) is 3.87. The van der Waals surface area contributed by atoms with E-state index in [2.05, 4.69) is 0 Å². The van der Waals surface area contributed by atoms with E-state index in [0.29, 0.717) is 26.1 Å². The fourth-order valence-electron chi connectivity index (χ4n) is 1.73. The van der Waals surface area contributed by atoms with Gasteiger partial charge >= 0.3 is 0 Å². The van der Waals surface area contributed by atoms with Gasteiger partial charge in [-0.1, -0.05) is 0 Å². The molecule has 0 aliphatic carbocycles. The van der Waals surface area contributed by atoms with Crippen LogP contribution in [-0.2, 0) is 14.6 Å². The lowest BCUT2D eigenvalue weighted by Gasteiger charge is -2.32. The van der Waals surface area contributed by atoms with E-state index in [1.807, 2.05) is 6.07 Å². The highest BCUT2D eigenvalue weighted by Gasteiger charge is 2.44. The van der Waals surface area contributed by atoms with Gasteiger partial charge in [-0.25, -0.2) is 8.42 Å². The molecule has 1 rings (SSSR count). The van der Waals surface area contributed by atoms with Crippen LogP contribution in [-0.4, -0.2) is 32.6 Å². The van der Waals surface area contributed by atoms with Gasteiger partial charge in [0.1, 0.15) is 0 Å². The number of ether oxygens (including phenoxy) is 1. The molecule has 1 atom stereocenters. The number of sulfone groups is 1. The topological polar surface area (TPSA) is 67.2 Å². The van der Waals surface area contributed by atoms with Gasteiger partial charge in [0.05, 0.1) is 6.07 Å². The van der Waals surface area contributed by atoms with Crippen LogP contribution in [0.3, 0.4) is 0 Å². The van der Waals surface area contributed by atoms with Crippen molar-refractivity contribution in [2.75, 3.05) is 19.5 Å². The third-order valence-corrected chi connectivity index (χ3v) is 4.96. The smallest absolute Gasteiger partial charge is 0.166 e. The Kier molecular flexibility index (Phi) is 3.17. The fourth-order valence-corrected chi connectivity index (χ4v) is 2.73. The van der Waals surface area contributed by atoms with Crippen LogP contribution < -0.4 is 0 Å². The molecule has 0 spiro atoms. The molecule has 5 heteroatoms. The quantitative estimate of drug-likeness (QED) is 0.684. The summed E-state index contributed by atoms with van der Waals surface area (Å²) in [4.78, 5) is 0. The molecule has 0 aromatic carbocycles. The molecular formula is C9H15NO3S. The lowest BCUT2D eigenvalue weighted by molar-refractivity contribution is 0.0603. The summed E-state index contributed by atoms with van der Waals surface area (Å²) in [6.07, 6.45) is 2.43. The summed E-state index contributed by atoms with van der Waals surface area (Å²) in [6, 6.07) is 1.94. The maximum absolute atomic E-state index is 11.5. The molecule has 1 aliphatic rings. The minimum atomic E-state index is -3.33. The third-order valence-electron chi connectivity index (χ3n) is 2.99. The molecule has 1 unspecified atom stereocenters. The van der Waals surface area contributed by atoms with Gasteiger partial charge < -0.3 is 4.74 Å². The molecule has 1 aliphatic heterocycles. The van der Waals surface area contributed by atoms with Crippen molar-refractivity contribution in [1.29, 1.82) is 5.26 Å². The highest BCUT2D eigenvalue weighted by atomic mass is 32.2. The van der Waals surface area contributed by atoms with E-state index in [4.69, 9.17) is 10.00 Å². The van der Waals surface area contributed by atoms with Crippen molar-refractivity contribution in [3.63, 3.8) is 0 Å². The molecule has 1 fully saturated rings. The molecule has 0 bridgehead atoms. The number of nitriles is 1. The molecule has 0 amide bonds. The summed E-state index contributed by atoms with van der Waals surface area (Å²) in [5.41, 5.74) is 0. The van der Waals surface area contributed by atoms with Crippen molar-refractivity contribution >= 4 is 9.84 Å². The monoisotopic (exact) mass is 217 g/mol. The summed E-state index contributed by atoms with van der Waals surface area (Å²) in [5, 5.41) is 9.00. The van der Waals surface area contributed by atoms with Crippen LogP contribution in [0.5, 0.6) is 0 Å². The van der Waals surface area contributed by atoms with Crippen LogP contribution in [0.2, 0.25) is 0 Å². The van der Waals surface area contributed by atoms with E-state index >= 15 is 0 Å². The van der Waals surface area contributed by atoms with Gasteiger partial charge in [-0.3, -0.25) is 0 Å². The van der Waals surface area contributed by atoms with E-state index in [1.54, 1.807) is 0 Å². The number of rotatable bonds is 2. The van der Waals surface area contributed by atoms with Crippen molar-refractivity contribution in [3.8, 4) is 6.07 Å². The minimum Gasteiger partial charge on any atom is -0.381 e. The predicted octanol–water partition coefficient (Wildman–Crippen LogP) is 0.740.